The van der Waals surface area contributed by atoms with E-state index in [2.05, 4.69) is 12.1 Å². The largest absolute Gasteiger partial charge is 0.444 e. The fourth-order valence-corrected chi connectivity index (χ4v) is 3.69. The minimum absolute atomic E-state index is 0.184. The minimum Gasteiger partial charge on any atom is -0.444 e. The number of rotatable bonds is 3. The van der Waals surface area contributed by atoms with Crippen LogP contribution in [0.15, 0.2) is 30.3 Å². The van der Waals surface area contributed by atoms with Crippen LogP contribution in [0.5, 0.6) is 0 Å². The number of likely N-dealkylation sites (tertiary alicyclic amines) is 1. The monoisotopic (exact) mass is 317 g/mol. The maximum Gasteiger partial charge on any atom is 0.410 e. The third-order valence-electron chi connectivity index (χ3n) is 4.68. The second kappa shape index (κ2) is 6.52. The molecule has 126 valence electrons. The predicted octanol–water partition coefficient (Wildman–Crippen LogP) is 3.85. The predicted molar refractivity (Wildman–Crippen MR) is 89.0 cm³/mol. The summed E-state index contributed by atoms with van der Waals surface area (Å²) in [7, 11) is 0. The van der Waals surface area contributed by atoms with Gasteiger partial charge in [-0.3, -0.25) is 0 Å². The molecule has 2 atom stereocenters. The number of hydrogen-bond donors (Lipinski definition) is 0. The molecule has 3 rings (SSSR count). The number of fused-ring (bicyclic) bond motifs is 2. The van der Waals surface area contributed by atoms with E-state index in [4.69, 9.17) is 9.47 Å². The third kappa shape index (κ3) is 4.05. The summed E-state index contributed by atoms with van der Waals surface area (Å²) in [5, 5.41) is 0. The Kier molecular flexibility index (Phi) is 4.62. The van der Waals surface area contributed by atoms with Gasteiger partial charge >= 0.3 is 6.09 Å². The summed E-state index contributed by atoms with van der Waals surface area (Å²) in [6, 6.07) is 10.3. The van der Waals surface area contributed by atoms with E-state index in [-0.39, 0.29) is 12.2 Å². The van der Waals surface area contributed by atoms with Gasteiger partial charge in [0.25, 0.3) is 0 Å². The lowest BCUT2D eigenvalue weighted by Gasteiger charge is -2.38. The Morgan fingerprint density at radius 3 is 2.30 bits per heavy atom. The molecule has 2 bridgehead atoms. The van der Waals surface area contributed by atoms with Crippen molar-refractivity contribution in [3.63, 3.8) is 0 Å². The molecule has 1 heterocycles. The van der Waals surface area contributed by atoms with Crippen molar-refractivity contribution < 1.29 is 14.3 Å². The molecule has 1 aliphatic carbocycles. The molecule has 23 heavy (non-hydrogen) atoms. The van der Waals surface area contributed by atoms with E-state index < -0.39 is 5.60 Å². The van der Waals surface area contributed by atoms with E-state index in [1.807, 2.05) is 43.9 Å². The number of nitrogens with zero attached hydrogens (tertiary/aromatic N) is 1. The van der Waals surface area contributed by atoms with Crippen LogP contribution in [0.2, 0.25) is 0 Å². The van der Waals surface area contributed by atoms with Gasteiger partial charge in [0.15, 0.2) is 0 Å². The van der Waals surface area contributed by atoms with Gasteiger partial charge in [-0.25, -0.2) is 4.79 Å². The first kappa shape index (κ1) is 16.3. The van der Waals surface area contributed by atoms with E-state index in [0.717, 1.165) is 25.9 Å². The first-order valence-electron chi connectivity index (χ1n) is 8.56. The van der Waals surface area contributed by atoms with E-state index in [1.54, 1.807) is 0 Å². The van der Waals surface area contributed by atoms with Crippen LogP contribution in [-0.2, 0) is 16.1 Å². The molecule has 1 saturated heterocycles. The number of benzene rings is 1. The number of amides is 1. The topological polar surface area (TPSA) is 38.8 Å². The summed E-state index contributed by atoms with van der Waals surface area (Å²) in [5.41, 5.74) is 0.776. The third-order valence-corrected chi connectivity index (χ3v) is 4.68. The van der Waals surface area contributed by atoms with Gasteiger partial charge in [0.2, 0.25) is 0 Å². The number of carbonyl (C=O) groups is 1. The summed E-state index contributed by atoms with van der Waals surface area (Å²) < 4.78 is 11.7. The van der Waals surface area contributed by atoms with Crippen LogP contribution in [-0.4, -0.2) is 35.8 Å². The molecule has 2 unspecified atom stereocenters. The highest BCUT2D eigenvalue weighted by Crippen LogP contribution is 2.39. The van der Waals surface area contributed by atoms with E-state index >= 15 is 0 Å². The zero-order valence-corrected chi connectivity index (χ0v) is 14.3. The molecule has 1 aliphatic heterocycles. The number of piperidine rings is 1. The Morgan fingerprint density at radius 2 is 1.74 bits per heavy atom. The van der Waals surface area contributed by atoms with E-state index in [1.165, 1.54) is 5.56 Å². The average molecular weight is 317 g/mol. The molecule has 4 heteroatoms. The molecule has 1 saturated carbocycles. The molecule has 0 spiro atoms. The lowest BCUT2D eigenvalue weighted by Crippen LogP contribution is -2.49. The van der Waals surface area contributed by atoms with E-state index in [0.29, 0.717) is 18.4 Å². The summed E-state index contributed by atoms with van der Waals surface area (Å²) in [5.74, 6) is 0.870. The quantitative estimate of drug-likeness (QED) is 0.850. The maximum atomic E-state index is 12.3. The Balaban J connectivity index is 1.56. The fraction of sp³-hybridized carbons (Fsp3) is 0.632. The van der Waals surface area contributed by atoms with Gasteiger partial charge in [-0.2, -0.15) is 0 Å². The van der Waals surface area contributed by atoms with Crippen LogP contribution < -0.4 is 0 Å². The average Bonchev–Trinajstić information content (AvgIpc) is 2.73. The molecule has 2 aliphatic rings. The van der Waals surface area contributed by atoms with Crippen LogP contribution in [0.25, 0.3) is 0 Å². The zero-order valence-electron chi connectivity index (χ0n) is 14.3. The van der Waals surface area contributed by atoms with Crippen LogP contribution in [0.4, 0.5) is 4.79 Å². The standard InChI is InChI=1S/C19H27NO3/c1-19(2,3)23-18(21)20-11-15-9-10-16(12-20)17(15)22-13-14-7-5-4-6-8-14/h4-8,15-17H,9-13H2,1-3H3. The van der Waals surface area contributed by atoms with Gasteiger partial charge in [0.1, 0.15) is 5.60 Å². The van der Waals surface area contributed by atoms with Crippen molar-refractivity contribution in [2.75, 3.05) is 13.1 Å². The van der Waals surface area contributed by atoms with Gasteiger partial charge in [-0.15, -0.1) is 0 Å². The SMILES string of the molecule is CC(C)(C)OC(=O)N1CC2CCC(C1)C2OCc1ccccc1. The molecule has 0 N–H and O–H groups in total. The number of ether oxygens (including phenoxy) is 2. The fourth-order valence-electron chi connectivity index (χ4n) is 3.69. The second-order valence-electron chi connectivity index (χ2n) is 7.74. The highest BCUT2D eigenvalue weighted by molar-refractivity contribution is 5.68. The normalized spacial score (nSPS) is 27.1. The number of carbonyl (C=O) groups excluding carboxylic acids is 1. The van der Waals surface area contributed by atoms with Crippen molar-refractivity contribution in [2.45, 2.75) is 51.9 Å². The van der Waals surface area contributed by atoms with Crippen LogP contribution in [0, 0.1) is 11.8 Å². The maximum absolute atomic E-state index is 12.3. The minimum atomic E-state index is -0.434. The summed E-state index contributed by atoms with van der Waals surface area (Å²) in [4.78, 5) is 14.2. The first-order valence-corrected chi connectivity index (χ1v) is 8.56. The van der Waals surface area contributed by atoms with Crippen molar-refractivity contribution in [2.24, 2.45) is 11.8 Å². The molecule has 4 nitrogen and oxygen atoms in total. The van der Waals surface area contributed by atoms with Crippen LogP contribution >= 0.6 is 0 Å². The van der Waals surface area contributed by atoms with Crippen molar-refractivity contribution in [1.29, 1.82) is 0 Å². The van der Waals surface area contributed by atoms with Gasteiger partial charge in [0.05, 0.1) is 12.7 Å². The molecular formula is C19H27NO3. The molecule has 2 fully saturated rings. The highest BCUT2D eigenvalue weighted by Gasteiger charge is 2.44. The highest BCUT2D eigenvalue weighted by atomic mass is 16.6. The molecule has 1 amide bonds. The van der Waals surface area contributed by atoms with Gasteiger partial charge in [-0.05, 0) is 39.2 Å². The Morgan fingerprint density at radius 1 is 1.13 bits per heavy atom. The molecular weight excluding hydrogens is 290 g/mol. The summed E-state index contributed by atoms with van der Waals surface area (Å²) >= 11 is 0. The van der Waals surface area contributed by atoms with Crippen molar-refractivity contribution in [3.05, 3.63) is 35.9 Å². The number of hydrogen-bond acceptors (Lipinski definition) is 3. The molecule has 1 aromatic carbocycles. The smallest absolute Gasteiger partial charge is 0.410 e. The second-order valence-corrected chi connectivity index (χ2v) is 7.74. The molecule has 0 aromatic heterocycles. The Labute approximate surface area is 138 Å². The van der Waals surface area contributed by atoms with Gasteiger partial charge in [-0.1, -0.05) is 30.3 Å². The summed E-state index contributed by atoms with van der Waals surface area (Å²) in [6.07, 6.45) is 2.37. The van der Waals surface area contributed by atoms with E-state index in [9.17, 15) is 4.79 Å². The van der Waals surface area contributed by atoms with Gasteiger partial charge < -0.3 is 14.4 Å². The molecule has 1 aromatic rings. The van der Waals surface area contributed by atoms with Crippen molar-refractivity contribution >= 4 is 6.09 Å². The van der Waals surface area contributed by atoms with Crippen molar-refractivity contribution in [3.8, 4) is 0 Å². The first-order chi connectivity index (χ1) is 10.9. The van der Waals surface area contributed by atoms with Crippen LogP contribution in [0.1, 0.15) is 39.2 Å². The lowest BCUT2D eigenvalue weighted by atomic mass is 9.95. The zero-order chi connectivity index (χ0) is 16.4. The van der Waals surface area contributed by atoms with Crippen LogP contribution in [0.3, 0.4) is 0 Å². The Hall–Kier alpha value is -1.55. The van der Waals surface area contributed by atoms with Gasteiger partial charge in [0, 0.05) is 24.9 Å². The van der Waals surface area contributed by atoms with Crippen molar-refractivity contribution in [1.82, 2.24) is 4.90 Å². The summed E-state index contributed by atoms with van der Waals surface area (Å²) in [6.45, 7) is 7.90. The molecule has 0 radical (unpaired) electrons. The lowest BCUT2D eigenvalue weighted by molar-refractivity contribution is -0.0556. The Bertz CT molecular complexity index is 523.